The molecule has 4 heterocycles. The number of fused-ring (bicyclic) bond motifs is 7. The lowest BCUT2D eigenvalue weighted by Crippen LogP contribution is -2.42. The molecule has 37 heavy (non-hydrogen) atoms. The molecule has 1 atom stereocenters. The Morgan fingerprint density at radius 2 is 2.03 bits per heavy atom. The number of methoxy groups -OCH3 is 1. The van der Waals surface area contributed by atoms with Gasteiger partial charge in [0.15, 0.2) is 17.1 Å². The summed E-state index contributed by atoms with van der Waals surface area (Å²) in [5.41, 5.74) is 0.571. The molecule has 2 aromatic heterocycles. The third kappa shape index (κ3) is 4.21. The van der Waals surface area contributed by atoms with Crippen LogP contribution in [0.3, 0.4) is 0 Å². The van der Waals surface area contributed by atoms with E-state index in [0.29, 0.717) is 44.0 Å². The van der Waals surface area contributed by atoms with Crippen LogP contribution in [0.4, 0.5) is 4.39 Å². The van der Waals surface area contributed by atoms with E-state index in [4.69, 9.17) is 9.47 Å². The number of hydrogen-bond acceptors (Lipinski definition) is 6. The van der Waals surface area contributed by atoms with Crippen molar-refractivity contribution in [2.45, 2.75) is 45.7 Å². The Balaban J connectivity index is 1.80. The predicted molar refractivity (Wildman–Crippen MR) is 134 cm³/mol. The van der Waals surface area contributed by atoms with Crippen LogP contribution >= 0.6 is 0 Å². The van der Waals surface area contributed by atoms with Crippen molar-refractivity contribution < 1.29 is 23.5 Å². The highest BCUT2D eigenvalue weighted by molar-refractivity contribution is 6.10. The molecule has 0 radical (unpaired) electrons. The van der Waals surface area contributed by atoms with Gasteiger partial charge in [-0.1, -0.05) is 6.07 Å². The molecule has 0 saturated carbocycles. The number of carbonyl (C=O) groups is 2. The summed E-state index contributed by atoms with van der Waals surface area (Å²) in [6.07, 6.45) is 2.25. The van der Waals surface area contributed by atoms with Crippen molar-refractivity contribution in [3.8, 4) is 11.5 Å². The van der Waals surface area contributed by atoms with E-state index in [1.54, 1.807) is 15.5 Å². The third-order valence-electron chi connectivity index (χ3n) is 6.98. The first kappa shape index (κ1) is 24.8. The van der Waals surface area contributed by atoms with E-state index in [2.05, 4.69) is 10.4 Å². The molecular weight excluding hydrogens is 481 g/mol. The van der Waals surface area contributed by atoms with Gasteiger partial charge in [-0.25, -0.2) is 9.07 Å². The molecule has 0 saturated heterocycles. The van der Waals surface area contributed by atoms with Gasteiger partial charge in [0.25, 0.3) is 17.4 Å². The highest BCUT2D eigenvalue weighted by Gasteiger charge is 2.38. The molecular formula is C26H30FN5O5. The first-order chi connectivity index (χ1) is 17.8. The summed E-state index contributed by atoms with van der Waals surface area (Å²) in [4.78, 5) is 42.4. The Morgan fingerprint density at radius 1 is 1.22 bits per heavy atom. The van der Waals surface area contributed by atoms with E-state index < -0.39 is 17.3 Å². The Kier molecular flexibility index (Phi) is 6.61. The van der Waals surface area contributed by atoms with E-state index in [1.807, 2.05) is 13.8 Å². The number of likely N-dealkylation sites (N-methyl/N-ethyl adjacent to an activating group) is 1. The summed E-state index contributed by atoms with van der Waals surface area (Å²) in [5.74, 6) is -0.720. The van der Waals surface area contributed by atoms with Crippen LogP contribution < -0.4 is 20.3 Å². The van der Waals surface area contributed by atoms with Crippen LogP contribution in [0.2, 0.25) is 0 Å². The second kappa shape index (κ2) is 9.87. The van der Waals surface area contributed by atoms with E-state index >= 15 is 0 Å². The maximum absolute atomic E-state index is 14.0. The van der Waals surface area contributed by atoms with Gasteiger partial charge in [0.1, 0.15) is 17.0 Å². The standard InChI is InChI=1S/C26H30FN5O5/c1-4-30-13-15(2)32-21-19(23(36-3)22(32)26(30)35)25(34)31-14-16-8-9-17(27)12-18(16)37-11-7-5-6-10-28-24(33)20(21)29-31/h8-9,12,15H,4-7,10-11,13-14H2,1-3H3,(H,28,33)/t15-/m0/s1. The molecule has 0 fully saturated rings. The number of benzene rings is 1. The summed E-state index contributed by atoms with van der Waals surface area (Å²) in [7, 11) is 1.40. The zero-order valence-electron chi connectivity index (χ0n) is 21.2. The minimum absolute atomic E-state index is 0.0328. The fourth-order valence-electron chi connectivity index (χ4n) is 5.17. The highest BCUT2D eigenvalue weighted by atomic mass is 19.1. The number of aromatic nitrogens is 3. The largest absolute Gasteiger partial charge is 0.493 e. The van der Waals surface area contributed by atoms with Gasteiger partial charge in [-0.2, -0.15) is 5.10 Å². The number of nitrogens with zero attached hydrogens (tertiary/aromatic N) is 4. The molecule has 1 N–H and O–H groups in total. The number of rotatable bonds is 2. The Hall–Kier alpha value is -3.89. The summed E-state index contributed by atoms with van der Waals surface area (Å²) < 4.78 is 28.4. The first-order valence-corrected chi connectivity index (χ1v) is 12.6. The lowest BCUT2D eigenvalue weighted by Gasteiger charge is -2.32. The summed E-state index contributed by atoms with van der Waals surface area (Å²) in [6, 6.07) is 3.90. The molecule has 2 amide bonds. The van der Waals surface area contributed by atoms with Crippen molar-refractivity contribution in [1.82, 2.24) is 24.6 Å². The van der Waals surface area contributed by atoms with E-state index in [-0.39, 0.29) is 46.5 Å². The van der Waals surface area contributed by atoms with Gasteiger partial charge in [-0.05, 0) is 39.2 Å². The van der Waals surface area contributed by atoms with Gasteiger partial charge >= 0.3 is 0 Å². The second-order valence-electron chi connectivity index (χ2n) is 9.40. The Morgan fingerprint density at radius 3 is 2.78 bits per heavy atom. The molecule has 0 aliphatic carbocycles. The number of nitrogens with one attached hydrogen (secondary N) is 1. The van der Waals surface area contributed by atoms with Crippen LogP contribution in [0.15, 0.2) is 23.0 Å². The van der Waals surface area contributed by atoms with Crippen molar-refractivity contribution in [2.24, 2.45) is 0 Å². The minimum Gasteiger partial charge on any atom is -0.493 e. The SMILES string of the molecule is CCN1C[C@H](C)n2c(c(OC)c3c(=O)n4nc(c32)C(=O)NCCCCCOc2cc(F)ccc2C4)C1=O. The fraction of sp³-hybridized carbons (Fsp3) is 0.462. The molecule has 196 valence electrons. The van der Waals surface area contributed by atoms with Gasteiger partial charge in [-0.3, -0.25) is 14.4 Å². The second-order valence-corrected chi connectivity index (χ2v) is 9.40. The van der Waals surface area contributed by atoms with Crippen LogP contribution in [-0.4, -0.2) is 64.4 Å². The predicted octanol–water partition coefficient (Wildman–Crippen LogP) is 2.72. The normalized spacial score (nSPS) is 18.5. The molecule has 10 nitrogen and oxygen atoms in total. The van der Waals surface area contributed by atoms with Crippen molar-refractivity contribution in [3.05, 3.63) is 51.3 Å². The molecule has 0 spiro atoms. The van der Waals surface area contributed by atoms with Crippen molar-refractivity contribution in [3.63, 3.8) is 0 Å². The minimum atomic E-state index is -0.518. The highest BCUT2D eigenvalue weighted by Crippen LogP contribution is 2.38. The molecule has 1 aromatic carbocycles. The van der Waals surface area contributed by atoms with E-state index in [0.717, 1.165) is 17.5 Å². The monoisotopic (exact) mass is 511 g/mol. The molecule has 5 rings (SSSR count). The molecule has 2 aliphatic rings. The average Bonchev–Trinajstić information content (AvgIpc) is 3.24. The molecule has 0 unspecified atom stereocenters. The maximum atomic E-state index is 14.0. The van der Waals surface area contributed by atoms with Crippen LogP contribution in [0.1, 0.15) is 65.7 Å². The quantitative estimate of drug-likeness (QED) is 0.567. The third-order valence-corrected chi connectivity index (χ3v) is 6.98. The lowest BCUT2D eigenvalue weighted by molar-refractivity contribution is 0.0684. The summed E-state index contributed by atoms with van der Waals surface area (Å²) in [5, 5.41) is 7.51. The summed E-state index contributed by atoms with van der Waals surface area (Å²) in [6.45, 7) is 5.47. The number of halogens is 1. The van der Waals surface area contributed by atoms with Gasteiger partial charge in [-0.15, -0.1) is 0 Å². The van der Waals surface area contributed by atoms with Gasteiger partial charge < -0.3 is 24.3 Å². The van der Waals surface area contributed by atoms with Crippen LogP contribution in [0.25, 0.3) is 10.9 Å². The van der Waals surface area contributed by atoms with Crippen LogP contribution in [0, 0.1) is 5.82 Å². The summed E-state index contributed by atoms with van der Waals surface area (Å²) >= 11 is 0. The zero-order valence-corrected chi connectivity index (χ0v) is 21.2. The molecule has 11 heteroatoms. The number of hydrogen-bond donors (Lipinski definition) is 1. The van der Waals surface area contributed by atoms with Crippen LogP contribution in [-0.2, 0) is 6.54 Å². The Bertz CT molecular complexity index is 1450. The van der Waals surface area contributed by atoms with Gasteiger partial charge in [0, 0.05) is 37.3 Å². The first-order valence-electron chi connectivity index (χ1n) is 12.6. The molecule has 3 aromatic rings. The van der Waals surface area contributed by atoms with E-state index in [9.17, 15) is 18.8 Å². The van der Waals surface area contributed by atoms with Gasteiger partial charge in [0.2, 0.25) is 0 Å². The number of amides is 2. The topological polar surface area (TPSA) is 108 Å². The fourth-order valence-corrected chi connectivity index (χ4v) is 5.17. The molecule has 2 bridgehead atoms. The van der Waals surface area contributed by atoms with Gasteiger partial charge in [0.05, 0.1) is 25.8 Å². The van der Waals surface area contributed by atoms with Crippen LogP contribution in [0.5, 0.6) is 11.5 Å². The van der Waals surface area contributed by atoms with Crippen molar-refractivity contribution in [2.75, 3.05) is 33.4 Å². The maximum Gasteiger partial charge on any atom is 0.280 e. The lowest BCUT2D eigenvalue weighted by atomic mass is 10.1. The smallest absolute Gasteiger partial charge is 0.280 e. The van der Waals surface area contributed by atoms with E-state index in [1.165, 1.54) is 19.2 Å². The Labute approximate surface area is 212 Å². The average molecular weight is 512 g/mol. The van der Waals surface area contributed by atoms with Crippen molar-refractivity contribution in [1.29, 1.82) is 0 Å². The molecule has 2 aliphatic heterocycles. The zero-order chi connectivity index (χ0) is 26.3. The number of ether oxygens (including phenoxy) is 2. The number of carbonyl (C=O) groups excluding carboxylic acids is 2. The van der Waals surface area contributed by atoms with Crippen molar-refractivity contribution >= 4 is 22.7 Å².